The van der Waals surface area contributed by atoms with E-state index < -0.39 is 0 Å². The van der Waals surface area contributed by atoms with Crippen molar-refractivity contribution in [2.45, 2.75) is 26.7 Å². The Morgan fingerprint density at radius 1 is 1.29 bits per heavy atom. The summed E-state index contributed by atoms with van der Waals surface area (Å²) in [6.45, 7) is 7.73. The highest BCUT2D eigenvalue weighted by molar-refractivity contribution is 7.71. The van der Waals surface area contributed by atoms with E-state index in [0.717, 1.165) is 29.4 Å². The van der Waals surface area contributed by atoms with Gasteiger partial charge in [0.2, 0.25) is 0 Å². The van der Waals surface area contributed by atoms with Gasteiger partial charge in [0, 0.05) is 13.1 Å². The number of aryl methyl sites for hydroxylation is 1. The van der Waals surface area contributed by atoms with Crippen LogP contribution in [0.1, 0.15) is 11.4 Å². The summed E-state index contributed by atoms with van der Waals surface area (Å²) in [5, 5.41) is 4.51. The average Bonchev–Trinajstić information content (AvgIpc) is 2.82. The fourth-order valence-electron chi connectivity index (χ4n) is 2.55. The van der Waals surface area contributed by atoms with Gasteiger partial charge in [-0.3, -0.25) is 4.90 Å². The van der Waals surface area contributed by atoms with Gasteiger partial charge < -0.3 is 14.0 Å². The Morgan fingerprint density at radius 2 is 2.00 bits per heavy atom. The number of rotatable bonds is 8. The molecule has 24 heavy (non-hydrogen) atoms. The van der Waals surface area contributed by atoms with Gasteiger partial charge in [-0.1, -0.05) is 12.1 Å². The van der Waals surface area contributed by atoms with E-state index in [9.17, 15) is 0 Å². The van der Waals surface area contributed by atoms with Gasteiger partial charge in [-0.15, -0.1) is 6.58 Å². The van der Waals surface area contributed by atoms with Crippen molar-refractivity contribution in [1.29, 1.82) is 0 Å². The quantitative estimate of drug-likeness (QED) is 0.542. The van der Waals surface area contributed by atoms with E-state index in [-0.39, 0.29) is 0 Å². The highest BCUT2D eigenvalue weighted by atomic mass is 32.1. The molecular formula is C17H24N4O2S. The lowest BCUT2D eigenvalue weighted by atomic mass is 10.2. The summed E-state index contributed by atoms with van der Waals surface area (Å²) in [5.74, 6) is 2.34. The van der Waals surface area contributed by atoms with Crippen LogP contribution in [0.25, 0.3) is 0 Å². The van der Waals surface area contributed by atoms with Crippen LogP contribution >= 0.6 is 12.2 Å². The van der Waals surface area contributed by atoms with Crippen LogP contribution in [0.3, 0.4) is 0 Å². The lowest BCUT2D eigenvalue weighted by molar-refractivity contribution is 0.243. The second kappa shape index (κ2) is 8.12. The van der Waals surface area contributed by atoms with Crippen molar-refractivity contribution in [3.63, 3.8) is 0 Å². The van der Waals surface area contributed by atoms with Crippen molar-refractivity contribution in [3.05, 3.63) is 47.0 Å². The Bertz CT molecular complexity index is 766. The Morgan fingerprint density at radius 3 is 2.62 bits per heavy atom. The summed E-state index contributed by atoms with van der Waals surface area (Å²) in [4.78, 5) is 2.14. The zero-order valence-corrected chi connectivity index (χ0v) is 15.5. The van der Waals surface area contributed by atoms with Gasteiger partial charge in [-0.2, -0.15) is 5.10 Å². The number of benzene rings is 1. The maximum absolute atomic E-state index is 5.49. The lowest BCUT2D eigenvalue weighted by Gasteiger charge is -2.17. The minimum atomic E-state index is 0.609. The molecule has 0 saturated carbocycles. The minimum absolute atomic E-state index is 0.609. The van der Waals surface area contributed by atoms with Gasteiger partial charge in [-0.25, -0.2) is 4.68 Å². The summed E-state index contributed by atoms with van der Waals surface area (Å²) in [5.41, 5.74) is 1.13. The van der Waals surface area contributed by atoms with Crippen LogP contribution in [0.5, 0.6) is 11.5 Å². The van der Waals surface area contributed by atoms with Crippen molar-refractivity contribution in [2.75, 3.05) is 21.3 Å². The summed E-state index contributed by atoms with van der Waals surface area (Å²) < 4.78 is 15.1. The zero-order valence-electron chi connectivity index (χ0n) is 14.7. The van der Waals surface area contributed by atoms with Crippen LogP contribution < -0.4 is 9.47 Å². The van der Waals surface area contributed by atoms with Gasteiger partial charge in [0.25, 0.3) is 0 Å². The lowest BCUT2D eigenvalue weighted by Crippen LogP contribution is -2.22. The molecular weight excluding hydrogens is 324 g/mol. The maximum atomic E-state index is 5.49. The SMILES string of the molecule is C=CCn1c(C)nn(CN(C)Cc2ccc(OC)c(OC)c2)c1=S. The fraction of sp³-hybridized carbons (Fsp3) is 0.412. The van der Waals surface area contributed by atoms with Gasteiger partial charge >= 0.3 is 0 Å². The van der Waals surface area contributed by atoms with E-state index in [2.05, 4.69) is 16.6 Å². The molecule has 0 aliphatic carbocycles. The third-order valence-corrected chi connectivity index (χ3v) is 4.13. The highest BCUT2D eigenvalue weighted by Gasteiger charge is 2.10. The van der Waals surface area contributed by atoms with Crippen molar-refractivity contribution in [3.8, 4) is 11.5 Å². The number of nitrogens with zero attached hydrogens (tertiary/aromatic N) is 4. The smallest absolute Gasteiger partial charge is 0.199 e. The second-order valence-corrected chi connectivity index (χ2v) is 5.94. The summed E-state index contributed by atoms with van der Waals surface area (Å²) in [6, 6.07) is 5.92. The van der Waals surface area contributed by atoms with Crippen LogP contribution in [0.2, 0.25) is 0 Å². The molecule has 2 aromatic rings. The molecule has 0 atom stereocenters. The molecule has 0 N–H and O–H groups in total. The average molecular weight is 348 g/mol. The van der Waals surface area contributed by atoms with Gasteiger partial charge in [0.05, 0.1) is 20.9 Å². The van der Waals surface area contributed by atoms with Gasteiger partial charge in [-0.05, 0) is 43.9 Å². The standard InChI is InChI=1S/C17H24N4O2S/c1-6-9-20-13(2)18-21(17(20)24)12-19(3)11-14-7-8-15(22-4)16(10-14)23-5/h6-8,10H,1,9,11-12H2,2-5H3. The van der Waals surface area contributed by atoms with E-state index >= 15 is 0 Å². The normalized spacial score (nSPS) is 10.9. The number of hydrogen-bond acceptors (Lipinski definition) is 5. The number of methoxy groups -OCH3 is 2. The van der Waals surface area contributed by atoms with Crippen LogP contribution in [-0.2, 0) is 19.8 Å². The molecule has 1 aromatic heterocycles. The third-order valence-electron chi connectivity index (χ3n) is 3.70. The first-order chi connectivity index (χ1) is 11.5. The largest absolute Gasteiger partial charge is 0.493 e. The molecule has 6 nitrogen and oxygen atoms in total. The van der Waals surface area contributed by atoms with Crippen LogP contribution in [0.4, 0.5) is 0 Å². The van der Waals surface area contributed by atoms with Crippen molar-refractivity contribution in [2.24, 2.45) is 0 Å². The molecule has 1 aromatic carbocycles. The molecule has 0 spiro atoms. The van der Waals surface area contributed by atoms with E-state index in [4.69, 9.17) is 21.7 Å². The summed E-state index contributed by atoms with van der Waals surface area (Å²) in [7, 11) is 5.30. The maximum Gasteiger partial charge on any atom is 0.199 e. The molecule has 130 valence electrons. The molecule has 1 heterocycles. The van der Waals surface area contributed by atoms with E-state index in [1.165, 1.54) is 0 Å². The van der Waals surface area contributed by atoms with Crippen LogP contribution in [0.15, 0.2) is 30.9 Å². The van der Waals surface area contributed by atoms with Crippen molar-refractivity contribution in [1.82, 2.24) is 19.2 Å². The Balaban J connectivity index is 2.11. The molecule has 0 fully saturated rings. The van der Waals surface area contributed by atoms with E-state index in [1.807, 2.05) is 47.5 Å². The first-order valence-corrected chi connectivity index (χ1v) is 8.05. The number of allylic oxidation sites excluding steroid dienone is 1. The number of hydrogen-bond donors (Lipinski definition) is 0. The minimum Gasteiger partial charge on any atom is -0.493 e. The topological polar surface area (TPSA) is 44.5 Å². The Kier molecular flexibility index (Phi) is 6.16. The van der Waals surface area contributed by atoms with E-state index in [1.54, 1.807) is 14.2 Å². The second-order valence-electron chi connectivity index (χ2n) is 5.57. The first kappa shape index (κ1) is 18.2. The molecule has 0 aliphatic heterocycles. The molecule has 0 aliphatic rings. The predicted molar refractivity (Wildman–Crippen MR) is 97.0 cm³/mol. The van der Waals surface area contributed by atoms with Gasteiger partial charge in [0.15, 0.2) is 16.3 Å². The monoisotopic (exact) mass is 348 g/mol. The molecule has 2 rings (SSSR count). The first-order valence-electron chi connectivity index (χ1n) is 7.64. The molecule has 0 radical (unpaired) electrons. The Hall–Kier alpha value is -2.12. The van der Waals surface area contributed by atoms with Crippen LogP contribution in [-0.4, -0.2) is 40.5 Å². The molecule has 0 saturated heterocycles. The molecule has 0 amide bonds. The molecule has 7 heteroatoms. The number of ether oxygens (including phenoxy) is 2. The molecule has 0 unspecified atom stereocenters. The van der Waals surface area contributed by atoms with Gasteiger partial charge in [0.1, 0.15) is 5.82 Å². The van der Waals surface area contributed by atoms with Crippen molar-refractivity contribution >= 4 is 12.2 Å². The third kappa shape index (κ3) is 4.04. The Labute approximate surface area is 147 Å². The highest BCUT2D eigenvalue weighted by Crippen LogP contribution is 2.27. The summed E-state index contributed by atoms with van der Waals surface area (Å²) in [6.07, 6.45) is 1.82. The summed E-state index contributed by atoms with van der Waals surface area (Å²) >= 11 is 5.49. The predicted octanol–water partition coefficient (Wildman–Crippen LogP) is 3.02. The van der Waals surface area contributed by atoms with E-state index in [0.29, 0.717) is 18.0 Å². The number of aromatic nitrogens is 3. The molecule has 0 bridgehead atoms. The zero-order chi connectivity index (χ0) is 17.7. The van der Waals surface area contributed by atoms with Crippen molar-refractivity contribution < 1.29 is 9.47 Å². The fourth-order valence-corrected chi connectivity index (χ4v) is 2.86. The van der Waals surface area contributed by atoms with Crippen LogP contribution in [0, 0.1) is 11.7 Å².